The van der Waals surface area contributed by atoms with Crippen LogP contribution in [0, 0.1) is 0 Å². The van der Waals surface area contributed by atoms with Gasteiger partial charge in [0.25, 0.3) is 0 Å². The number of para-hydroxylation sites is 1. The van der Waals surface area contributed by atoms with Gasteiger partial charge in [-0.15, -0.1) is 0 Å². The van der Waals surface area contributed by atoms with Gasteiger partial charge in [0.1, 0.15) is 0 Å². The highest BCUT2D eigenvalue weighted by Gasteiger charge is 2.22. The van der Waals surface area contributed by atoms with Crippen LogP contribution in [0.15, 0.2) is 64.5 Å². The highest BCUT2D eigenvalue weighted by molar-refractivity contribution is 7.89. The fourth-order valence-electron chi connectivity index (χ4n) is 3.48. The van der Waals surface area contributed by atoms with Gasteiger partial charge in [-0.25, -0.2) is 17.7 Å². The first kappa shape index (κ1) is 22.1. The second-order valence-electron chi connectivity index (χ2n) is 7.37. The molecule has 1 heterocycles. The second-order valence-corrected chi connectivity index (χ2v) is 9.50. The minimum atomic E-state index is -3.51. The topological polar surface area (TPSA) is 68.2 Å². The quantitative estimate of drug-likeness (QED) is 0.563. The van der Waals surface area contributed by atoms with Crippen molar-refractivity contribution in [2.75, 3.05) is 51.7 Å². The molecule has 0 unspecified atom stereocenters. The van der Waals surface area contributed by atoms with Crippen LogP contribution in [-0.2, 0) is 16.6 Å². The Morgan fingerprint density at radius 2 is 1.63 bits per heavy atom. The number of aliphatic imine (C=N–C) groups is 1. The van der Waals surface area contributed by atoms with Crippen molar-refractivity contribution in [3.63, 3.8) is 0 Å². The molecule has 0 spiro atoms. The summed E-state index contributed by atoms with van der Waals surface area (Å²) in [6, 6.07) is 17.5. The Labute approximate surface area is 180 Å². The number of nitrogens with zero attached hydrogens (tertiary/aromatic N) is 4. The van der Waals surface area contributed by atoms with Crippen molar-refractivity contribution in [3.05, 3.63) is 60.2 Å². The van der Waals surface area contributed by atoms with Crippen LogP contribution in [0.3, 0.4) is 0 Å². The molecular weight excluding hydrogens is 398 g/mol. The molecule has 0 amide bonds. The molecule has 1 aliphatic heterocycles. The zero-order chi connectivity index (χ0) is 21.6. The molecule has 0 atom stereocenters. The van der Waals surface area contributed by atoms with E-state index in [1.165, 1.54) is 9.99 Å². The molecule has 0 saturated carbocycles. The Morgan fingerprint density at radius 1 is 1.00 bits per heavy atom. The number of rotatable bonds is 6. The molecule has 3 rings (SSSR count). The summed E-state index contributed by atoms with van der Waals surface area (Å²) in [5, 5.41) is 3.36. The lowest BCUT2D eigenvalue weighted by Crippen LogP contribution is -2.52. The Kier molecular flexibility index (Phi) is 7.33. The van der Waals surface area contributed by atoms with E-state index in [4.69, 9.17) is 4.99 Å². The van der Waals surface area contributed by atoms with Gasteiger partial charge in [-0.2, -0.15) is 0 Å². The summed E-state index contributed by atoms with van der Waals surface area (Å²) in [5.74, 6) is 0.822. The van der Waals surface area contributed by atoms with Crippen molar-refractivity contribution in [2.45, 2.75) is 18.4 Å². The van der Waals surface area contributed by atoms with Gasteiger partial charge in [0.2, 0.25) is 10.0 Å². The van der Waals surface area contributed by atoms with Gasteiger partial charge in [0, 0.05) is 52.5 Å². The maximum Gasteiger partial charge on any atom is 0.242 e. The minimum Gasteiger partial charge on any atom is -0.368 e. The minimum absolute atomic E-state index is 0.309. The lowest BCUT2D eigenvalue weighted by Gasteiger charge is -2.37. The number of hydrogen-bond acceptors (Lipinski definition) is 4. The molecule has 0 aromatic heterocycles. The van der Waals surface area contributed by atoms with E-state index in [1.807, 2.05) is 25.1 Å². The largest absolute Gasteiger partial charge is 0.368 e. The predicted octanol–water partition coefficient (Wildman–Crippen LogP) is 2.22. The standard InChI is InChI=1S/C22H31N5O2S/c1-4-23-22(27-16-14-26(15-17-27)20-11-6-5-7-12-20)24-18-19-10-8-9-13-21(19)30(28,29)25(2)3/h5-13H,4,14-18H2,1-3H3,(H,23,24). The van der Waals surface area contributed by atoms with Crippen LogP contribution in [-0.4, -0.2) is 70.4 Å². The smallest absolute Gasteiger partial charge is 0.242 e. The van der Waals surface area contributed by atoms with E-state index >= 15 is 0 Å². The maximum atomic E-state index is 12.6. The second kappa shape index (κ2) is 9.95. The third-order valence-electron chi connectivity index (χ3n) is 5.17. The average molecular weight is 430 g/mol. The van der Waals surface area contributed by atoms with Crippen LogP contribution < -0.4 is 10.2 Å². The summed E-state index contributed by atoms with van der Waals surface area (Å²) in [6.45, 7) is 6.66. The predicted molar refractivity (Wildman–Crippen MR) is 122 cm³/mol. The third-order valence-corrected chi connectivity index (χ3v) is 7.08. The maximum absolute atomic E-state index is 12.6. The SMILES string of the molecule is CCNC(=NCc1ccccc1S(=O)(=O)N(C)C)N1CCN(c2ccccc2)CC1. The van der Waals surface area contributed by atoms with Crippen LogP contribution in [0.2, 0.25) is 0 Å². The number of piperazine rings is 1. The van der Waals surface area contributed by atoms with Crippen LogP contribution in [0.5, 0.6) is 0 Å². The average Bonchev–Trinajstić information content (AvgIpc) is 2.77. The van der Waals surface area contributed by atoms with E-state index in [0.717, 1.165) is 38.7 Å². The lowest BCUT2D eigenvalue weighted by molar-refractivity contribution is 0.372. The van der Waals surface area contributed by atoms with E-state index in [9.17, 15) is 8.42 Å². The van der Waals surface area contributed by atoms with Gasteiger partial charge in [-0.1, -0.05) is 36.4 Å². The van der Waals surface area contributed by atoms with E-state index in [1.54, 1.807) is 26.2 Å². The normalized spacial score (nSPS) is 15.5. The molecule has 7 nitrogen and oxygen atoms in total. The van der Waals surface area contributed by atoms with Crippen molar-refractivity contribution in [2.24, 2.45) is 4.99 Å². The van der Waals surface area contributed by atoms with Gasteiger partial charge >= 0.3 is 0 Å². The molecule has 2 aromatic carbocycles. The van der Waals surface area contributed by atoms with Gasteiger partial charge in [-0.05, 0) is 30.7 Å². The third kappa shape index (κ3) is 5.12. The van der Waals surface area contributed by atoms with E-state index in [2.05, 4.69) is 39.4 Å². The number of hydrogen-bond donors (Lipinski definition) is 1. The molecule has 0 bridgehead atoms. The molecule has 30 heavy (non-hydrogen) atoms. The molecule has 1 N–H and O–H groups in total. The van der Waals surface area contributed by atoms with E-state index in [-0.39, 0.29) is 0 Å². The van der Waals surface area contributed by atoms with Gasteiger partial charge in [0.05, 0.1) is 11.4 Å². The Bertz CT molecular complexity index is 953. The lowest BCUT2D eigenvalue weighted by atomic mass is 10.2. The van der Waals surface area contributed by atoms with Crippen LogP contribution in [0.4, 0.5) is 5.69 Å². The number of guanidine groups is 1. The first-order valence-corrected chi connectivity index (χ1v) is 11.7. The van der Waals surface area contributed by atoms with Gasteiger partial charge < -0.3 is 15.1 Å². The first-order chi connectivity index (χ1) is 14.4. The highest BCUT2D eigenvalue weighted by atomic mass is 32.2. The molecular formula is C22H31N5O2S. The Morgan fingerprint density at radius 3 is 2.27 bits per heavy atom. The molecule has 0 radical (unpaired) electrons. The molecule has 0 aliphatic carbocycles. The summed E-state index contributed by atoms with van der Waals surface area (Å²) in [6.07, 6.45) is 0. The van der Waals surface area contributed by atoms with E-state index in [0.29, 0.717) is 17.0 Å². The van der Waals surface area contributed by atoms with Crippen LogP contribution in [0.1, 0.15) is 12.5 Å². The van der Waals surface area contributed by atoms with Crippen molar-refractivity contribution in [1.82, 2.24) is 14.5 Å². The van der Waals surface area contributed by atoms with Crippen molar-refractivity contribution in [1.29, 1.82) is 0 Å². The molecule has 1 aliphatic rings. The zero-order valence-corrected chi connectivity index (χ0v) is 18.8. The van der Waals surface area contributed by atoms with Crippen LogP contribution in [0.25, 0.3) is 0 Å². The number of nitrogens with one attached hydrogen (secondary N) is 1. The molecule has 162 valence electrons. The number of anilines is 1. The molecule has 1 saturated heterocycles. The highest BCUT2D eigenvalue weighted by Crippen LogP contribution is 2.20. The summed E-state index contributed by atoms with van der Waals surface area (Å²) in [7, 11) is -0.413. The zero-order valence-electron chi connectivity index (χ0n) is 18.0. The first-order valence-electron chi connectivity index (χ1n) is 10.3. The summed E-state index contributed by atoms with van der Waals surface area (Å²) in [4.78, 5) is 9.69. The Balaban J connectivity index is 1.74. The fraction of sp³-hybridized carbons (Fsp3) is 0.409. The summed E-state index contributed by atoms with van der Waals surface area (Å²) >= 11 is 0. The number of sulfonamides is 1. The molecule has 1 fully saturated rings. The van der Waals surface area contributed by atoms with Gasteiger partial charge in [-0.3, -0.25) is 0 Å². The van der Waals surface area contributed by atoms with E-state index < -0.39 is 10.0 Å². The number of benzene rings is 2. The van der Waals surface area contributed by atoms with Crippen molar-refractivity contribution >= 4 is 21.7 Å². The fourth-order valence-corrected chi connectivity index (χ4v) is 4.59. The monoisotopic (exact) mass is 429 g/mol. The molecule has 2 aromatic rings. The summed E-state index contributed by atoms with van der Waals surface area (Å²) in [5.41, 5.74) is 1.94. The molecule has 8 heteroatoms. The van der Waals surface area contributed by atoms with Gasteiger partial charge in [0.15, 0.2) is 5.96 Å². The van der Waals surface area contributed by atoms with Crippen LogP contribution >= 0.6 is 0 Å². The Hall–Kier alpha value is -2.58. The van der Waals surface area contributed by atoms with Crippen molar-refractivity contribution in [3.8, 4) is 0 Å². The summed E-state index contributed by atoms with van der Waals surface area (Å²) < 4.78 is 26.5. The van der Waals surface area contributed by atoms with Crippen molar-refractivity contribution < 1.29 is 8.42 Å².